The highest BCUT2D eigenvalue weighted by Gasteiger charge is 2.32. The number of rotatable bonds is 4. The SMILES string of the molecule is Clc1ccccc1OC(C1CCOCC1)N1CCCC1. The van der Waals surface area contributed by atoms with Gasteiger partial charge in [0.05, 0.1) is 5.02 Å². The number of hydrogen-bond donors (Lipinski definition) is 0. The topological polar surface area (TPSA) is 21.7 Å². The summed E-state index contributed by atoms with van der Waals surface area (Å²) in [5.41, 5.74) is 0. The lowest BCUT2D eigenvalue weighted by molar-refractivity contribution is -0.0497. The molecule has 2 aliphatic heterocycles. The first kappa shape index (κ1) is 14.2. The molecule has 0 saturated carbocycles. The van der Waals surface area contributed by atoms with Crippen LogP contribution in [0.2, 0.25) is 5.02 Å². The minimum absolute atomic E-state index is 0.140. The molecular formula is C16H22ClNO2. The van der Waals surface area contributed by atoms with Crippen LogP contribution >= 0.6 is 11.6 Å². The van der Waals surface area contributed by atoms with Gasteiger partial charge in [0.15, 0.2) is 6.23 Å². The normalized spacial score (nSPS) is 22.9. The molecule has 20 heavy (non-hydrogen) atoms. The van der Waals surface area contributed by atoms with Gasteiger partial charge in [-0.05, 0) is 37.8 Å². The zero-order valence-corrected chi connectivity index (χ0v) is 12.5. The summed E-state index contributed by atoms with van der Waals surface area (Å²) in [6, 6.07) is 7.77. The first-order valence-corrected chi connectivity index (χ1v) is 7.95. The third-order valence-corrected chi connectivity index (χ3v) is 4.57. The number of benzene rings is 1. The quantitative estimate of drug-likeness (QED) is 0.848. The van der Waals surface area contributed by atoms with Gasteiger partial charge in [-0.2, -0.15) is 0 Å². The van der Waals surface area contributed by atoms with E-state index in [1.807, 2.05) is 24.3 Å². The van der Waals surface area contributed by atoms with Crippen molar-refractivity contribution in [3.8, 4) is 5.75 Å². The highest BCUT2D eigenvalue weighted by atomic mass is 35.5. The molecule has 1 aromatic carbocycles. The smallest absolute Gasteiger partial charge is 0.155 e. The molecule has 0 N–H and O–H groups in total. The first-order chi connectivity index (χ1) is 9.84. The predicted octanol–water partition coefficient (Wildman–Crippen LogP) is 3.57. The van der Waals surface area contributed by atoms with Crippen LogP contribution in [0.25, 0.3) is 0 Å². The predicted molar refractivity (Wildman–Crippen MR) is 80.2 cm³/mol. The van der Waals surface area contributed by atoms with Crippen molar-refractivity contribution in [2.24, 2.45) is 5.92 Å². The zero-order chi connectivity index (χ0) is 13.8. The standard InChI is InChI=1S/C16H22ClNO2/c17-14-5-1-2-6-15(14)20-16(18-9-3-4-10-18)13-7-11-19-12-8-13/h1-2,5-6,13,16H,3-4,7-12H2. The van der Waals surface area contributed by atoms with Crippen molar-refractivity contribution in [2.45, 2.75) is 31.9 Å². The minimum Gasteiger partial charge on any atom is -0.473 e. The van der Waals surface area contributed by atoms with Crippen LogP contribution in [0.5, 0.6) is 5.75 Å². The Balaban J connectivity index is 1.75. The fourth-order valence-electron chi connectivity index (χ4n) is 3.14. The minimum atomic E-state index is 0.140. The third kappa shape index (κ3) is 3.27. The highest BCUT2D eigenvalue weighted by Crippen LogP contribution is 2.31. The van der Waals surface area contributed by atoms with Gasteiger partial charge in [-0.25, -0.2) is 0 Å². The molecule has 0 aromatic heterocycles. The third-order valence-electron chi connectivity index (χ3n) is 4.25. The van der Waals surface area contributed by atoms with Gasteiger partial charge in [-0.15, -0.1) is 0 Å². The average Bonchev–Trinajstić information content (AvgIpc) is 3.01. The van der Waals surface area contributed by atoms with Gasteiger partial charge in [0.2, 0.25) is 0 Å². The van der Waals surface area contributed by atoms with E-state index >= 15 is 0 Å². The molecule has 1 aromatic rings. The molecule has 0 amide bonds. The van der Waals surface area contributed by atoms with E-state index in [2.05, 4.69) is 4.90 Å². The summed E-state index contributed by atoms with van der Waals surface area (Å²) in [6.07, 6.45) is 4.83. The molecule has 110 valence electrons. The molecule has 0 spiro atoms. The molecule has 3 rings (SSSR count). The van der Waals surface area contributed by atoms with E-state index in [-0.39, 0.29) is 6.23 Å². The molecule has 2 heterocycles. The summed E-state index contributed by atoms with van der Waals surface area (Å²) in [5.74, 6) is 1.34. The van der Waals surface area contributed by atoms with Crippen LogP contribution in [0, 0.1) is 5.92 Å². The van der Waals surface area contributed by atoms with Gasteiger partial charge in [0.1, 0.15) is 5.75 Å². The average molecular weight is 296 g/mol. The van der Waals surface area contributed by atoms with E-state index in [0.717, 1.165) is 44.9 Å². The Hall–Kier alpha value is -0.770. The Kier molecular flexibility index (Phi) is 4.81. The molecule has 1 unspecified atom stereocenters. The number of likely N-dealkylation sites (tertiary alicyclic amines) is 1. The van der Waals surface area contributed by atoms with Crippen molar-refractivity contribution >= 4 is 11.6 Å². The molecule has 0 radical (unpaired) electrons. The highest BCUT2D eigenvalue weighted by molar-refractivity contribution is 6.32. The second-order valence-electron chi connectivity index (χ2n) is 5.63. The fourth-order valence-corrected chi connectivity index (χ4v) is 3.32. The maximum atomic E-state index is 6.31. The fraction of sp³-hybridized carbons (Fsp3) is 0.625. The lowest BCUT2D eigenvalue weighted by Crippen LogP contribution is -2.45. The first-order valence-electron chi connectivity index (χ1n) is 7.57. The van der Waals surface area contributed by atoms with Crippen molar-refractivity contribution in [2.75, 3.05) is 26.3 Å². The van der Waals surface area contributed by atoms with E-state index in [1.165, 1.54) is 12.8 Å². The van der Waals surface area contributed by atoms with Crippen LogP contribution in [0.3, 0.4) is 0 Å². The van der Waals surface area contributed by atoms with Crippen LogP contribution in [0.4, 0.5) is 0 Å². The summed E-state index contributed by atoms with van der Waals surface area (Å²) < 4.78 is 11.8. The monoisotopic (exact) mass is 295 g/mol. The second kappa shape index (κ2) is 6.79. The van der Waals surface area contributed by atoms with Crippen molar-refractivity contribution < 1.29 is 9.47 Å². The number of halogens is 1. The molecular weight excluding hydrogens is 274 g/mol. The summed E-state index contributed by atoms with van der Waals surface area (Å²) in [7, 11) is 0. The Morgan fingerprint density at radius 2 is 1.85 bits per heavy atom. The van der Waals surface area contributed by atoms with E-state index in [1.54, 1.807) is 0 Å². The maximum absolute atomic E-state index is 6.31. The van der Waals surface area contributed by atoms with Crippen molar-refractivity contribution in [1.82, 2.24) is 4.90 Å². The van der Waals surface area contributed by atoms with Crippen molar-refractivity contribution in [3.05, 3.63) is 29.3 Å². The molecule has 4 heteroatoms. The van der Waals surface area contributed by atoms with Gasteiger partial charge in [0.25, 0.3) is 0 Å². The van der Waals surface area contributed by atoms with Gasteiger partial charge in [-0.1, -0.05) is 23.7 Å². The molecule has 2 fully saturated rings. The lowest BCUT2D eigenvalue weighted by Gasteiger charge is -2.36. The van der Waals surface area contributed by atoms with E-state index in [9.17, 15) is 0 Å². The summed E-state index contributed by atoms with van der Waals surface area (Å²) in [6.45, 7) is 3.96. The number of nitrogens with zero attached hydrogens (tertiary/aromatic N) is 1. The molecule has 3 nitrogen and oxygen atoms in total. The largest absolute Gasteiger partial charge is 0.473 e. The summed E-state index contributed by atoms with van der Waals surface area (Å²) in [4.78, 5) is 2.47. The van der Waals surface area contributed by atoms with Gasteiger partial charge in [0, 0.05) is 32.2 Å². The van der Waals surface area contributed by atoms with Crippen molar-refractivity contribution in [1.29, 1.82) is 0 Å². The van der Waals surface area contributed by atoms with Crippen LogP contribution in [-0.4, -0.2) is 37.4 Å². The summed E-state index contributed by atoms with van der Waals surface area (Å²) >= 11 is 6.25. The Labute approximate surface area is 125 Å². The number of para-hydroxylation sites is 1. The molecule has 2 aliphatic rings. The zero-order valence-electron chi connectivity index (χ0n) is 11.8. The van der Waals surface area contributed by atoms with E-state index < -0.39 is 0 Å². The molecule has 1 atom stereocenters. The van der Waals surface area contributed by atoms with Crippen LogP contribution in [-0.2, 0) is 4.74 Å². The van der Waals surface area contributed by atoms with Crippen LogP contribution in [0.15, 0.2) is 24.3 Å². The van der Waals surface area contributed by atoms with Gasteiger partial charge >= 0.3 is 0 Å². The van der Waals surface area contributed by atoms with E-state index in [0.29, 0.717) is 10.9 Å². The maximum Gasteiger partial charge on any atom is 0.155 e. The molecule has 0 bridgehead atoms. The molecule has 0 aliphatic carbocycles. The van der Waals surface area contributed by atoms with Gasteiger partial charge < -0.3 is 9.47 Å². The van der Waals surface area contributed by atoms with Crippen LogP contribution in [0.1, 0.15) is 25.7 Å². The van der Waals surface area contributed by atoms with Crippen molar-refractivity contribution in [3.63, 3.8) is 0 Å². The van der Waals surface area contributed by atoms with Gasteiger partial charge in [-0.3, -0.25) is 4.90 Å². The lowest BCUT2D eigenvalue weighted by atomic mass is 9.97. The number of hydrogen-bond acceptors (Lipinski definition) is 3. The Morgan fingerprint density at radius 1 is 1.15 bits per heavy atom. The van der Waals surface area contributed by atoms with Crippen LogP contribution < -0.4 is 4.74 Å². The van der Waals surface area contributed by atoms with E-state index in [4.69, 9.17) is 21.1 Å². The number of ether oxygens (including phenoxy) is 2. The second-order valence-corrected chi connectivity index (χ2v) is 6.04. The Bertz CT molecular complexity index is 428. The molecule has 2 saturated heterocycles. The summed E-state index contributed by atoms with van der Waals surface area (Å²) in [5, 5.41) is 0.698. The Morgan fingerprint density at radius 3 is 2.55 bits per heavy atom.